The third-order valence-electron chi connectivity index (χ3n) is 4.31. The number of carbonyl (C=O) groups is 1. The maximum absolute atomic E-state index is 12.8. The van der Waals surface area contributed by atoms with E-state index in [1.54, 1.807) is 11.8 Å². The molecule has 20 heavy (non-hydrogen) atoms. The maximum atomic E-state index is 12.8. The van der Waals surface area contributed by atoms with Crippen LogP contribution >= 0.6 is 11.8 Å². The van der Waals surface area contributed by atoms with Gasteiger partial charge in [-0.25, -0.2) is 0 Å². The fourth-order valence-corrected chi connectivity index (χ4v) is 4.71. The van der Waals surface area contributed by atoms with Crippen molar-refractivity contribution in [2.45, 2.75) is 23.1 Å². The summed E-state index contributed by atoms with van der Waals surface area (Å²) in [6.07, 6.45) is 0.945. The maximum Gasteiger partial charge on any atom is 0.256 e. The smallest absolute Gasteiger partial charge is 0.256 e. The van der Waals surface area contributed by atoms with Crippen LogP contribution in [-0.2, 0) is 11.3 Å². The molecule has 1 atom stereocenters. The molecule has 2 aromatic rings. The molecule has 0 N–H and O–H groups in total. The minimum atomic E-state index is -0.277. The van der Waals surface area contributed by atoms with E-state index in [0.717, 1.165) is 23.4 Å². The summed E-state index contributed by atoms with van der Waals surface area (Å²) < 4.78 is 0. The summed E-state index contributed by atoms with van der Waals surface area (Å²) in [4.78, 5) is 15.6. The molecule has 0 bridgehead atoms. The van der Waals surface area contributed by atoms with Gasteiger partial charge in [0.05, 0.1) is 5.56 Å². The molecular weight excluding hydrogens is 266 g/mol. The average molecular weight is 281 g/mol. The Morgan fingerprint density at radius 1 is 1.10 bits per heavy atom. The van der Waals surface area contributed by atoms with E-state index in [1.807, 2.05) is 23.1 Å². The van der Waals surface area contributed by atoms with Crippen LogP contribution in [0.1, 0.15) is 28.4 Å². The number of fused-ring (bicyclic) bond motifs is 4. The van der Waals surface area contributed by atoms with Crippen LogP contribution in [0.15, 0.2) is 53.4 Å². The second-order valence-corrected chi connectivity index (χ2v) is 6.88. The lowest BCUT2D eigenvalue weighted by Crippen LogP contribution is -2.51. The summed E-state index contributed by atoms with van der Waals surface area (Å²) in [5, 5.41) is 0. The van der Waals surface area contributed by atoms with Gasteiger partial charge in [-0.2, -0.15) is 0 Å². The standard InChI is InChI=1S/C17H15NOS/c1-17-14-8-4-2-6-12(14)10-11-18(17)16(19)13-7-3-5-9-15(13)20-17/h2-9H,10-11H2,1H3. The summed E-state index contributed by atoms with van der Waals surface area (Å²) in [6.45, 7) is 2.97. The highest BCUT2D eigenvalue weighted by molar-refractivity contribution is 8.00. The average Bonchev–Trinajstić information content (AvgIpc) is 2.47. The minimum absolute atomic E-state index is 0.163. The third-order valence-corrected chi connectivity index (χ3v) is 5.72. The summed E-state index contributed by atoms with van der Waals surface area (Å²) >= 11 is 1.79. The van der Waals surface area contributed by atoms with Crippen molar-refractivity contribution in [1.29, 1.82) is 0 Å². The quantitative estimate of drug-likeness (QED) is 0.734. The largest absolute Gasteiger partial charge is 0.319 e. The van der Waals surface area contributed by atoms with Crippen LogP contribution < -0.4 is 0 Å². The van der Waals surface area contributed by atoms with Gasteiger partial charge < -0.3 is 4.90 Å². The molecule has 0 fully saturated rings. The van der Waals surface area contributed by atoms with Crippen molar-refractivity contribution < 1.29 is 4.79 Å². The molecule has 0 radical (unpaired) electrons. The number of benzene rings is 2. The predicted molar refractivity (Wildman–Crippen MR) is 80.8 cm³/mol. The number of nitrogens with zero attached hydrogens (tertiary/aromatic N) is 1. The molecule has 2 aliphatic heterocycles. The van der Waals surface area contributed by atoms with Crippen molar-refractivity contribution in [2.24, 2.45) is 0 Å². The van der Waals surface area contributed by atoms with Gasteiger partial charge in [-0.05, 0) is 36.6 Å². The first kappa shape index (κ1) is 12.0. The Balaban J connectivity index is 1.93. The highest BCUT2D eigenvalue weighted by Crippen LogP contribution is 2.51. The molecule has 1 amide bonds. The molecule has 3 heteroatoms. The molecule has 100 valence electrons. The van der Waals surface area contributed by atoms with E-state index >= 15 is 0 Å². The molecule has 2 aromatic carbocycles. The van der Waals surface area contributed by atoms with Crippen LogP contribution in [-0.4, -0.2) is 17.4 Å². The zero-order chi connectivity index (χ0) is 13.7. The van der Waals surface area contributed by atoms with E-state index in [0.29, 0.717) is 0 Å². The number of rotatable bonds is 0. The third kappa shape index (κ3) is 1.50. The monoisotopic (exact) mass is 281 g/mol. The van der Waals surface area contributed by atoms with E-state index in [9.17, 15) is 4.79 Å². The Hall–Kier alpha value is -1.74. The number of amides is 1. The summed E-state index contributed by atoms with van der Waals surface area (Å²) in [7, 11) is 0. The summed E-state index contributed by atoms with van der Waals surface area (Å²) in [5.74, 6) is 0.163. The molecule has 1 unspecified atom stereocenters. The van der Waals surface area contributed by atoms with Crippen molar-refractivity contribution in [1.82, 2.24) is 4.90 Å². The topological polar surface area (TPSA) is 20.3 Å². The van der Waals surface area contributed by atoms with Gasteiger partial charge in [-0.1, -0.05) is 48.2 Å². The normalized spacial score (nSPS) is 23.9. The van der Waals surface area contributed by atoms with E-state index in [-0.39, 0.29) is 10.8 Å². The van der Waals surface area contributed by atoms with E-state index in [1.165, 1.54) is 11.1 Å². The van der Waals surface area contributed by atoms with E-state index in [2.05, 4.69) is 37.3 Å². The van der Waals surface area contributed by atoms with Gasteiger partial charge in [-0.15, -0.1) is 0 Å². The van der Waals surface area contributed by atoms with Crippen molar-refractivity contribution in [3.63, 3.8) is 0 Å². The Bertz CT molecular complexity index is 712. The first-order chi connectivity index (χ1) is 9.70. The predicted octanol–water partition coefficient (Wildman–Crippen LogP) is 3.66. The molecule has 0 spiro atoms. The lowest BCUT2D eigenvalue weighted by atomic mass is 9.92. The molecule has 4 rings (SSSR count). The van der Waals surface area contributed by atoms with Crippen LogP contribution in [0.5, 0.6) is 0 Å². The molecule has 2 aliphatic rings. The van der Waals surface area contributed by atoms with Crippen molar-refractivity contribution in [2.75, 3.05) is 6.54 Å². The zero-order valence-corrected chi connectivity index (χ0v) is 12.1. The van der Waals surface area contributed by atoms with Gasteiger partial charge in [0.2, 0.25) is 0 Å². The molecule has 0 saturated carbocycles. The van der Waals surface area contributed by atoms with Crippen LogP contribution in [0.3, 0.4) is 0 Å². The van der Waals surface area contributed by atoms with E-state index < -0.39 is 0 Å². The summed E-state index contributed by atoms with van der Waals surface area (Å²) in [6, 6.07) is 16.4. The molecule has 0 saturated heterocycles. The first-order valence-electron chi connectivity index (χ1n) is 6.88. The minimum Gasteiger partial charge on any atom is -0.319 e. The van der Waals surface area contributed by atoms with Crippen molar-refractivity contribution in [3.05, 3.63) is 65.2 Å². The molecule has 0 aromatic heterocycles. The molecule has 2 heterocycles. The van der Waals surface area contributed by atoms with Crippen LogP contribution in [0.2, 0.25) is 0 Å². The van der Waals surface area contributed by atoms with Crippen LogP contribution in [0.4, 0.5) is 0 Å². The van der Waals surface area contributed by atoms with Crippen molar-refractivity contribution >= 4 is 17.7 Å². The fraction of sp³-hybridized carbons (Fsp3) is 0.235. The SMILES string of the molecule is CC12Sc3ccccc3C(=O)N1CCc1ccccc12. The second-order valence-electron chi connectivity index (χ2n) is 5.45. The zero-order valence-electron chi connectivity index (χ0n) is 11.3. The van der Waals surface area contributed by atoms with E-state index in [4.69, 9.17) is 0 Å². The number of hydrogen-bond acceptors (Lipinski definition) is 2. The van der Waals surface area contributed by atoms with Gasteiger partial charge in [-0.3, -0.25) is 4.79 Å². The first-order valence-corrected chi connectivity index (χ1v) is 7.70. The molecular formula is C17H15NOS. The lowest BCUT2D eigenvalue weighted by Gasteiger charge is -2.48. The fourth-order valence-electron chi connectivity index (χ4n) is 3.28. The second kappa shape index (κ2) is 4.13. The lowest BCUT2D eigenvalue weighted by molar-refractivity contribution is 0.0621. The Labute approximate surface area is 122 Å². The molecule has 0 aliphatic carbocycles. The van der Waals surface area contributed by atoms with Gasteiger partial charge >= 0.3 is 0 Å². The van der Waals surface area contributed by atoms with Crippen molar-refractivity contribution in [3.8, 4) is 0 Å². The summed E-state index contributed by atoms with van der Waals surface area (Å²) in [5.41, 5.74) is 3.49. The number of thioether (sulfide) groups is 1. The van der Waals surface area contributed by atoms with Gasteiger partial charge in [0.25, 0.3) is 5.91 Å². The van der Waals surface area contributed by atoms with Crippen LogP contribution in [0, 0.1) is 0 Å². The van der Waals surface area contributed by atoms with Gasteiger partial charge in [0.15, 0.2) is 0 Å². The van der Waals surface area contributed by atoms with Crippen LogP contribution in [0.25, 0.3) is 0 Å². The Kier molecular flexibility index (Phi) is 2.48. The Morgan fingerprint density at radius 2 is 1.85 bits per heavy atom. The highest BCUT2D eigenvalue weighted by atomic mass is 32.2. The van der Waals surface area contributed by atoms with Gasteiger partial charge in [0.1, 0.15) is 4.87 Å². The molecule has 2 nitrogen and oxygen atoms in total. The highest BCUT2D eigenvalue weighted by Gasteiger charge is 2.46. The number of carbonyl (C=O) groups excluding carboxylic acids is 1. The Morgan fingerprint density at radius 3 is 2.75 bits per heavy atom. The van der Waals surface area contributed by atoms with Gasteiger partial charge in [0, 0.05) is 11.4 Å². The number of hydrogen-bond donors (Lipinski definition) is 0.